The van der Waals surface area contributed by atoms with Crippen LogP contribution in [-0.4, -0.2) is 15.9 Å². The van der Waals surface area contributed by atoms with Gasteiger partial charge in [-0.3, -0.25) is 9.80 Å². The van der Waals surface area contributed by atoms with E-state index in [1.54, 1.807) is 0 Å². The summed E-state index contributed by atoms with van der Waals surface area (Å²) >= 11 is 3.39. The molecule has 1 N–H and O–H groups in total. The maximum Gasteiger partial charge on any atom is 0.305 e. The van der Waals surface area contributed by atoms with Crippen LogP contribution in [0.2, 0.25) is 0 Å². The maximum atomic E-state index is 12.4. The molecule has 3 aromatic carbocycles. The van der Waals surface area contributed by atoms with E-state index in [0.29, 0.717) is 17.1 Å². The predicted molar refractivity (Wildman–Crippen MR) is 156 cm³/mol. The summed E-state index contributed by atoms with van der Waals surface area (Å²) < 4.78 is 0. The number of nitrogens with one attached hydrogen (secondary N) is 1. The average Bonchev–Trinajstić information content (AvgIpc) is 3.76. The summed E-state index contributed by atoms with van der Waals surface area (Å²) in [6, 6.07) is 30.5. The summed E-state index contributed by atoms with van der Waals surface area (Å²) in [4.78, 5) is 16.9. The van der Waals surface area contributed by atoms with Crippen molar-refractivity contribution in [3.8, 4) is 0 Å². The Balaban J connectivity index is 1.17. The summed E-state index contributed by atoms with van der Waals surface area (Å²) in [7, 11) is 0. The number of aromatic amines is 1. The number of hydrogen-bond donors (Lipinski definition) is 1. The van der Waals surface area contributed by atoms with E-state index in [2.05, 4.69) is 94.9 Å². The van der Waals surface area contributed by atoms with Crippen molar-refractivity contribution in [2.75, 3.05) is 5.01 Å². The molecule has 3 heterocycles. The van der Waals surface area contributed by atoms with Gasteiger partial charge in [-0.1, -0.05) is 84.1 Å². The van der Waals surface area contributed by atoms with E-state index < -0.39 is 0 Å². The summed E-state index contributed by atoms with van der Waals surface area (Å²) in [5.74, 6) is 2.54. The topological polar surface area (TPSA) is 48.5 Å². The molecule has 2 fully saturated rings. The molecule has 6 atom stereocenters. The third-order valence-corrected chi connectivity index (χ3v) is 11.8. The minimum absolute atomic E-state index is 0.0852. The molecule has 190 valence electrons. The van der Waals surface area contributed by atoms with Crippen LogP contribution in [-0.2, 0) is 0 Å². The second-order valence-electron chi connectivity index (χ2n) is 11.2. The Hall–Kier alpha value is -3.09. The second kappa shape index (κ2) is 8.99. The van der Waals surface area contributed by atoms with Crippen molar-refractivity contribution in [2.45, 2.75) is 47.9 Å². The Labute approximate surface area is 230 Å². The minimum atomic E-state index is 0.0852. The molecule has 2 aliphatic heterocycles. The average molecular weight is 536 g/mol. The predicted octanol–water partition coefficient (Wildman–Crippen LogP) is 7.44. The summed E-state index contributed by atoms with van der Waals surface area (Å²) in [6.07, 6.45) is 4.94. The third-order valence-electron chi connectivity index (χ3n) is 9.18. The van der Waals surface area contributed by atoms with Crippen molar-refractivity contribution >= 4 is 34.5 Å². The SMILES string of the molecule is O=c1[nH]c2c(s1)[C@H](c1ccc(N3N=C(c4ccccc4)C[C@@H]3c3ccccc3)cc1)[C@H]1[C@@H]3CC[C@H](C3)[C@@H]1S2. The number of anilines is 1. The maximum absolute atomic E-state index is 12.4. The van der Waals surface area contributed by atoms with Crippen molar-refractivity contribution in [1.82, 2.24) is 4.98 Å². The quantitative estimate of drug-likeness (QED) is 0.295. The van der Waals surface area contributed by atoms with Gasteiger partial charge in [-0.15, -0.1) is 11.8 Å². The van der Waals surface area contributed by atoms with Crippen LogP contribution in [0.4, 0.5) is 5.69 Å². The first-order valence-corrected chi connectivity index (χ1v) is 15.4. The van der Waals surface area contributed by atoms with Crippen molar-refractivity contribution in [3.05, 3.63) is 116 Å². The zero-order valence-electron chi connectivity index (χ0n) is 21.0. The Kier molecular flexibility index (Phi) is 5.41. The van der Waals surface area contributed by atoms with E-state index in [0.717, 1.165) is 34.7 Å². The minimum Gasteiger partial charge on any atom is -0.307 e. The van der Waals surface area contributed by atoms with E-state index in [1.807, 2.05) is 11.8 Å². The number of hydrogen-bond acceptors (Lipinski definition) is 5. The Bertz CT molecular complexity index is 1560. The fourth-order valence-electron chi connectivity index (χ4n) is 7.55. The molecule has 2 aliphatic carbocycles. The van der Waals surface area contributed by atoms with Gasteiger partial charge in [0, 0.05) is 22.5 Å². The molecular formula is C32H29N3OS2. The number of rotatable bonds is 4. The molecule has 0 saturated heterocycles. The van der Waals surface area contributed by atoms with Gasteiger partial charge in [-0.25, -0.2) is 0 Å². The lowest BCUT2D eigenvalue weighted by atomic mass is 9.75. The number of aromatic nitrogens is 1. The van der Waals surface area contributed by atoms with E-state index in [1.165, 1.54) is 52.2 Å². The van der Waals surface area contributed by atoms with E-state index in [9.17, 15) is 4.79 Å². The van der Waals surface area contributed by atoms with Crippen molar-refractivity contribution in [3.63, 3.8) is 0 Å². The first-order chi connectivity index (χ1) is 18.7. The lowest BCUT2D eigenvalue weighted by Gasteiger charge is -2.40. The number of thioether (sulfide) groups is 1. The first kappa shape index (κ1) is 22.9. The highest BCUT2D eigenvalue weighted by molar-refractivity contribution is 8.00. The molecule has 0 spiro atoms. The fraction of sp³-hybridized carbons (Fsp3) is 0.312. The van der Waals surface area contributed by atoms with Gasteiger partial charge < -0.3 is 4.98 Å². The molecule has 4 nitrogen and oxygen atoms in total. The summed E-state index contributed by atoms with van der Waals surface area (Å²) in [6.45, 7) is 0. The van der Waals surface area contributed by atoms with E-state index in [4.69, 9.17) is 5.10 Å². The fourth-order valence-corrected chi connectivity index (χ4v) is 10.4. The van der Waals surface area contributed by atoms with E-state index >= 15 is 0 Å². The third kappa shape index (κ3) is 3.64. The standard InChI is InChI=1S/C32H29N3OS2/c36-32-33-31-30(38-32)27(28-22-11-12-23(17-22)29(28)37-31)21-13-15-24(16-14-21)35-26(20-9-5-2-6-10-20)18-25(34-35)19-7-3-1-4-8-19/h1-10,13-16,22-23,26-29H,11-12,17-18H2,(H,33,36)/t22-,23-,26-,27-,28-,29+/m1/s1. The molecular weight excluding hydrogens is 507 g/mol. The highest BCUT2D eigenvalue weighted by Crippen LogP contribution is 2.63. The lowest BCUT2D eigenvalue weighted by molar-refractivity contribution is 0.307. The largest absolute Gasteiger partial charge is 0.307 e. The smallest absolute Gasteiger partial charge is 0.305 e. The van der Waals surface area contributed by atoms with Gasteiger partial charge in [0.1, 0.15) is 0 Å². The van der Waals surface area contributed by atoms with Gasteiger partial charge in [-0.2, -0.15) is 5.10 Å². The number of thiazole rings is 1. The zero-order valence-corrected chi connectivity index (χ0v) is 22.6. The molecule has 6 heteroatoms. The molecule has 4 aromatic rings. The number of H-pyrrole nitrogens is 1. The van der Waals surface area contributed by atoms with Gasteiger partial charge >= 0.3 is 4.87 Å². The molecule has 4 aliphatic rings. The van der Waals surface area contributed by atoms with Gasteiger partial charge in [0.15, 0.2) is 0 Å². The summed E-state index contributed by atoms with van der Waals surface area (Å²) in [5, 5.41) is 9.12. The second-order valence-corrected chi connectivity index (χ2v) is 13.4. The molecule has 1 aromatic heterocycles. The first-order valence-electron chi connectivity index (χ1n) is 13.7. The molecule has 0 unspecified atom stereocenters. The van der Waals surface area contributed by atoms with Crippen molar-refractivity contribution in [1.29, 1.82) is 0 Å². The van der Waals surface area contributed by atoms with Crippen molar-refractivity contribution < 1.29 is 0 Å². The number of nitrogens with zero attached hydrogens (tertiary/aromatic N) is 2. The van der Waals surface area contributed by atoms with Crippen LogP contribution in [0.25, 0.3) is 0 Å². The number of fused-ring (bicyclic) bond motifs is 6. The van der Waals surface area contributed by atoms with Gasteiger partial charge in [0.2, 0.25) is 0 Å². The van der Waals surface area contributed by atoms with Crippen LogP contribution in [0.15, 0.2) is 99.9 Å². The Morgan fingerprint density at radius 3 is 2.37 bits per heavy atom. The number of hydrazone groups is 1. The van der Waals surface area contributed by atoms with Gasteiger partial charge in [0.05, 0.1) is 22.5 Å². The van der Waals surface area contributed by atoms with Gasteiger partial charge in [0.25, 0.3) is 0 Å². The Morgan fingerprint density at radius 2 is 1.58 bits per heavy atom. The van der Waals surface area contributed by atoms with E-state index in [-0.39, 0.29) is 10.9 Å². The van der Waals surface area contributed by atoms with Crippen LogP contribution in [0.5, 0.6) is 0 Å². The van der Waals surface area contributed by atoms with Crippen molar-refractivity contribution in [2.24, 2.45) is 22.9 Å². The monoisotopic (exact) mass is 535 g/mol. The highest BCUT2D eigenvalue weighted by Gasteiger charge is 2.54. The molecule has 0 radical (unpaired) electrons. The molecule has 38 heavy (non-hydrogen) atoms. The summed E-state index contributed by atoms with van der Waals surface area (Å²) in [5.41, 5.74) is 6.05. The van der Waals surface area contributed by atoms with Crippen LogP contribution >= 0.6 is 23.1 Å². The molecule has 2 saturated carbocycles. The normalized spacial score (nSPS) is 29.3. The Morgan fingerprint density at radius 1 is 0.842 bits per heavy atom. The molecule has 2 bridgehead atoms. The van der Waals surface area contributed by atoms with Gasteiger partial charge in [-0.05, 0) is 65.8 Å². The molecule has 0 amide bonds. The van der Waals surface area contributed by atoms with Crippen LogP contribution in [0.3, 0.4) is 0 Å². The van der Waals surface area contributed by atoms with Crippen LogP contribution in [0, 0.1) is 17.8 Å². The zero-order chi connectivity index (χ0) is 25.2. The van der Waals surface area contributed by atoms with Crippen LogP contribution < -0.4 is 9.88 Å². The lowest BCUT2D eigenvalue weighted by Crippen LogP contribution is -2.33. The highest BCUT2D eigenvalue weighted by atomic mass is 32.2. The van der Waals surface area contributed by atoms with Crippen LogP contribution in [0.1, 0.15) is 59.2 Å². The number of benzene rings is 3. The molecule has 8 rings (SSSR count).